The van der Waals surface area contributed by atoms with Gasteiger partial charge in [-0.05, 0) is 41.0 Å². The second-order valence-corrected chi connectivity index (χ2v) is 7.69. The summed E-state index contributed by atoms with van der Waals surface area (Å²) < 4.78 is 0. The van der Waals surface area contributed by atoms with Crippen molar-refractivity contribution in [3.8, 4) is 0 Å². The molecule has 2 heterocycles. The molecular weight excluding hydrogens is 350 g/mol. The SMILES string of the molecule is CC1(C)c2ccccc2N(Cc2ccc(C(=O)NO)cc2)[C@H]1c1cccnc1. The molecule has 0 saturated heterocycles. The van der Waals surface area contributed by atoms with E-state index in [0.717, 1.165) is 5.56 Å². The molecule has 1 aliphatic heterocycles. The van der Waals surface area contributed by atoms with Crippen molar-refractivity contribution in [1.29, 1.82) is 0 Å². The van der Waals surface area contributed by atoms with Gasteiger partial charge in [-0.2, -0.15) is 0 Å². The Morgan fingerprint density at radius 3 is 2.54 bits per heavy atom. The number of hydroxylamine groups is 1. The van der Waals surface area contributed by atoms with Crippen LogP contribution in [0.4, 0.5) is 5.69 Å². The molecule has 0 saturated carbocycles. The molecule has 1 aromatic heterocycles. The Balaban J connectivity index is 1.73. The Hall–Kier alpha value is -3.18. The Kier molecular flexibility index (Phi) is 4.61. The number of carbonyl (C=O) groups excluding carboxylic acids is 1. The number of hydrogen-bond acceptors (Lipinski definition) is 4. The lowest BCUT2D eigenvalue weighted by atomic mass is 9.78. The highest BCUT2D eigenvalue weighted by atomic mass is 16.5. The van der Waals surface area contributed by atoms with E-state index in [0.29, 0.717) is 12.1 Å². The molecule has 142 valence electrons. The van der Waals surface area contributed by atoms with Crippen molar-refractivity contribution in [2.24, 2.45) is 0 Å². The zero-order valence-corrected chi connectivity index (χ0v) is 16.0. The minimum absolute atomic E-state index is 0.0731. The highest BCUT2D eigenvalue weighted by molar-refractivity contribution is 5.93. The van der Waals surface area contributed by atoms with Crippen molar-refractivity contribution >= 4 is 11.6 Å². The van der Waals surface area contributed by atoms with E-state index >= 15 is 0 Å². The third-order valence-corrected chi connectivity index (χ3v) is 5.57. The monoisotopic (exact) mass is 373 g/mol. The minimum Gasteiger partial charge on any atom is -0.359 e. The fourth-order valence-electron chi connectivity index (χ4n) is 4.28. The molecule has 3 aromatic rings. The molecule has 0 radical (unpaired) electrons. The van der Waals surface area contributed by atoms with Crippen LogP contribution in [0.15, 0.2) is 73.1 Å². The largest absolute Gasteiger partial charge is 0.359 e. The predicted molar refractivity (Wildman–Crippen MR) is 108 cm³/mol. The molecule has 1 aliphatic rings. The number of fused-ring (bicyclic) bond motifs is 1. The first-order valence-electron chi connectivity index (χ1n) is 9.32. The minimum atomic E-state index is -0.507. The maximum absolute atomic E-state index is 11.6. The zero-order chi connectivity index (χ0) is 19.7. The van der Waals surface area contributed by atoms with Crippen LogP contribution >= 0.6 is 0 Å². The van der Waals surface area contributed by atoms with E-state index in [9.17, 15) is 4.79 Å². The summed E-state index contributed by atoms with van der Waals surface area (Å²) in [6.07, 6.45) is 3.74. The fourth-order valence-corrected chi connectivity index (χ4v) is 4.28. The van der Waals surface area contributed by atoms with Gasteiger partial charge in [0.2, 0.25) is 0 Å². The van der Waals surface area contributed by atoms with Crippen LogP contribution in [0.2, 0.25) is 0 Å². The average molecular weight is 373 g/mol. The van der Waals surface area contributed by atoms with Crippen LogP contribution < -0.4 is 10.4 Å². The lowest BCUT2D eigenvalue weighted by Gasteiger charge is -2.35. The van der Waals surface area contributed by atoms with Crippen molar-refractivity contribution in [3.63, 3.8) is 0 Å². The Bertz CT molecular complexity index is 984. The summed E-state index contributed by atoms with van der Waals surface area (Å²) in [5, 5.41) is 8.80. The number of amides is 1. The van der Waals surface area contributed by atoms with Gasteiger partial charge in [0.05, 0.1) is 6.04 Å². The van der Waals surface area contributed by atoms with E-state index in [2.05, 4.69) is 54.1 Å². The smallest absolute Gasteiger partial charge is 0.274 e. The first-order chi connectivity index (χ1) is 13.5. The Labute approximate surface area is 164 Å². The number of rotatable bonds is 4. The Morgan fingerprint density at radius 1 is 1.11 bits per heavy atom. The van der Waals surface area contributed by atoms with E-state index in [1.54, 1.807) is 23.8 Å². The number of carbonyl (C=O) groups is 1. The summed E-state index contributed by atoms with van der Waals surface area (Å²) in [4.78, 5) is 18.3. The summed E-state index contributed by atoms with van der Waals surface area (Å²) in [6.45, 7) is 5.26. The average Bonchev–Trinajstić information content (AvgIpc) is 2.95. The van der Waals surface area contributed by atoms with E-state index in [1.807, 2.05) is 24.4 Å². The molecule has 4 rings (SSSR count). The predicted octanol–water partition coefficient (Wildman–Crippen LogP) is 4.24. The molecule has 0 fully saturated rings. The highest BCUT2D eigenvalue weighted by Gasteiger charge is 2.45. The topological polar surface area (TPSA) is 65.5 Å². The van der Waals surface area contributed by atoms with Crippen LogP contribution in [0, 0.1) is 0 Å². The number of anilines is 1. The number of aromatic nitrogens is 1. The normalized spacial score (nSPS) is 17.2. The molecule has 1 amide bonds. The molecule has 0 bridgehead atoms. The van der Waals surface area contributed by atoms with Crippen LogP contribution in [0.5, 0.6) is 0 Å². The van der Waals surface area contributed by atoms with Crippen molar-refractivity contribution < 1.29 is 10.0 Å². The van der Waals surface area contributed by atoms with Crippen LogP contribution in [0.1, 0.15) is 46.9 Å². The number of hydrogen-bond donors (Lipinski definition) is 2. The van der Waals surface area contributed by atoms with Crippen LogP contribution in [0.3, 0.4) is 0 Å². The van der Waals surface area contributed by atoms with Gasteiger partial charge in [0, 0.05) is 35.6 Å². The van der Waals surface area contributed by atoms with Crippen molar-refractivity contribution in [1.82, 2.24) is 10.5 Å². The van der Waals surface area contributed by atoms with Gasteiger partial charge in [0.25, 0.3) is 5.91 Å². The zero-order valence-electron chi connectivity index (χ0n) is 16.0. The summed E-state index contributed by atoms with van der Waals surface area (Å²) in [5.41, 5.74) is 6.84. The number of para-hydroxylation sites is 1. The lowest BCUT2D eigenvalue weighted by molar-refractivity contribution is 0.0706. The van der Waals surface area contributed by atoms with Crippen molar-refractivity contribution in [2.45, 2.75) is 31.8 Å². The molecule has 0 aliphatic carbocycles. The van der Waals surface area contributed by atoms with Gasteiger partial charge in [-0.15, -0.1) is 0 Å². The summed E-state index contributed by atoms with van der Waals surface area (Å²) >= 11 is 0. The van der Waals surface area contributed by atoms with Gasteiger partial charge in [-0.3, -0.25) is 15.0 Å². The number of benzene rings is 2. The fraction of sp³-hybridized carbons (Fsp3) is 0.217. The van der Waals surface area contributed by atoms with Gasteiger partial charge in [0.1, 0.15) is 0 Å². The van der Waals surface area contributed by atoms with E-state index in [1.165, 1.54) is 16.8 Å². The first-order valence-corrected chi connectivity index (χ1v) is 9.32. The summed E-state index contributed by atoms with van der Waals surface area (Å²) in [7, 11) is 0. The molecule has 1 atom stereocenters. The number of nitrogens with zero attached hydrogens (tertiary/aromatic N) is 2. The third kappa shape index (κ3) is 3.04. The highest BCUT2D eigenvalue weighted by Crippen LogP contribution is 2.52. The van der Waals surface area contributed by atoms with E-state index < -0.39 is 5.91 Å². The standard InChI is InChI=1S/C23H23N3O2/c1-23(2)19-7-3-4-8-20(19)26(21(23)18-6-5-13-24-14-18)15-16-9-11-17(12-10-16)22(27)25-28/h3-14,21,28H,15H2,1-2H3,(H,25,27)/t21-/m0/s1. The van der Waals surface area contributed by atoms with Crippen LogP contribution in [-0.2, 0) is 12.0 Å². The van der Waals surface area contributed by atoms with E-state index in [-0.39, 0.29) is 11.5 Å². The van der Waals surface area contributed by atoms with Gasteiger partial charge in [-0.25, -0.2) is 5.48 Å². The molecule has 2 N–H and O–H groups in total. The Morgan fingerprint density at radius 2 is 1.86 bits per heavy atom. The number of pyridine rings is 1. The molecular formula is C23H23N3O2. The number of nitrogens with one attached hydrogen (secondary N) is 1. The molecule has 5 nitrogen and oxygen atoms in total. The quantitative estimate of drug-likeness (QED) is 0.530. The first kappa shape index (κ1) is 18.2. The van der Waals surface area contributed by atoms with Crippen molar-refractivity contribution in [2.75, 3.05) is 4.90 Å². The molecule has 2 aromatic carbocycles. The van der Waals surface area contributed by atoms with Gasteiger partial charge < -0.3 is 4.90 Å². The molecule has 5 heteroatoms. The maximum Gasteiger partial charge on any atom is 0.274 e. The molecule has 0 spiro atoms. The second kappa shape index (κ2) is 7.09. The molecule has 28 heavy (non-hydrogen) atoms. The van der Waals surface area contributed by atoms with Crippen LogP contribution in [0.25, 0.3) is 0 Å². The van der Waals surface area contributed by atoms with Crippen LogP contribution in [-0.4, -0.2) is 16.1 Å². The third-order valence-electron chi connectivity index (χ3n) is 5.57. The summed E-state index contributed by atoms with van der Waals surface area (Å²) in [5.74, 6) is -0.507. The van der Waals surface area contributed by atoms with Crippen molar-refractivity contribution in [3.05, 3.63) is 95.3 Å². The van der Waals surface area contributed by atoms with Gasteiger partial charge in [-0.1, -0.05) is 50.2 Å². The van der Waals surface area contributed by atoms with Gasteiger partial charge >= 0.3 is 0 Å². The lowest BCUT2D eigenvalue weighted by Crippen LogP contribution is -2.33. The second-order valence-electron chi connectivity index (χ2n) is 7.69. The van der Waals surface area contributed by atoms with Gasteiger partial charge in [0.15, 0.2) is 0 Å². The molecule has 0 unspecified atom stereocenters. The summed E-state index contributed by atoms with van der Waals surface area (Å²) in [6, 6.07) is 20.1. The van der Waals surface area contributed by atoms with E-state index in [4.69, 9.17) is 5.21 Å². The maximum atomic E-state index is 11.6.